The lowest BCUT2D eigenvalue weighted by Crippen LogP contribution is -2.44. The average molecular weight is 396 g/mol. The third kappa shape index (κ3) is 7.02. The molecule has 0 aliphatic rings. The second-order valence-electron chi connectivity index (χ2n) is 8.40. The van der Waals surface area contributed by atoms with E-state index in [0.29, 0.717) is 12.0 Å². The molecular weight excluding hydrogens is 362 g/mol. The van der Waals surface area contributed by atoms with E-state index in [2.05, 4.69) is 21.6 Å². The van der Waals surface area contributed by atoms with Crippen LogP contribution in [0.15, 0.2) is 42.5 Å². The predicted octanol–water partition coefficient (Wildman–Crippen LogP) is 4.15. The van der Waals surface area contributed by atoms with E-state index >= 15 is 0 Å². The molecule has 0 aliphatic heterocycles. The number of benzene rings is 2. The zero-order valence-electron chi connectivity index (χ0n) is 18.4. The van der Waals surface area contributed by atoms with Crippen LogP contribution in [0.4, 0.5) is 5.69 Å². The van der Waals surface area contributed by atoms with Crippen molar-refractivity contribution in [2.75, 3.05) is 19.4 Å². The van der Waals surface area contributed by atoms with Gasteiger partial charge in [0.25, 0.3) is 5.91 Å². The minimum atomic E-state index is -0.597. The smallest absolute Gasteiger partial charge is 0.252 e. The highest BCUT2D eigenvalue weighted by molar-refractivity contribution is 6.01. The maximum Gasteiger partial charge on any atom is 0.252 e. The van der Waals surface area contributed by atoms with Crippen molar-refractivity contribution in [1.29, 1.82) is 0 Å². The largest absolute Gasteiger partial charge is 0.340 e. The minimum absolute atomic E-state index is 0.193. The number of nitrogens with one attached hydrogen (secondary N) is 2. The van der Waals surface area contributed by atoms with Gasteiger partial charge in [0, 0.05) is 17.8 Å². The summed E-state index contributed by atoms with van der Waals surface area (Å²) in [5.74, 6) is -0.145. The summed E-state index contributed by atoms with van der Waals surface area (Å²) in [6, 6.07) is 12.9. The van der Waals surface area contributed by atoms with E-state index in [0.717, 1.165) is 28.9 Å². The molecule has 5 nitrogen and oxygen atoms in total. The summed E-state index contributed by atoms with van der Waals surface area (Å²) >= 11 is 0. The van der Waals surface area contributed by atoms with Gasteiger partial charge in [0.15, 0.2) is 0 Å². The van der Waals surface area contributed by atoms with Crippen molar-refractivity contribution in [3.8, 4) is 0 Å². The number of rotatable bonds is 8. The fraction of sp³-hybridized carbons (Fsp3) is 0.417. The highest BCUT2D eigenvalue weighted by atomic mass is 16.2. The number of hydrogen-bond donors (Lipinski definition) is 2. The van der Waals surface area contributed by atoms with Crippen LogP contribution in [0, 0.1) is 19.8 Å². The number of hydrogen-bond acceptors (Lipinski definition) is 3. The molecule has 2 rings (SSSR count). The van der Waals surface area contributed by atoms with Gasteiger partial charge in [0.05, 0.1) is 0 Å². The normalized spacial score (nSPS) is 12.1. The summed E-state index contributed by atoms with van der Waals surface area (Å²) in [5.41, 5.74) is 4.46. The van der Waals surface area contributed by atoms with Gasteiger partial charge in [-0.05, 0) is 75.2 Å². The van der Waals surface area contributed by atoms with Crippen molar-refractivity contribution in [3.05, 3.63) is 64.7 Å². The van der Waals surface area contributed by atoms with Crippen molar-refractivity contribution in [1.82, 2.24) is 10.2 Å². The van der Waals surface area contributed by atoms with Crippen LogP contribution in [0.25, 0.3) is 0 Å². The van der Waals surface area contributed by atoms with Crippen LogP contribution in [-0.2, 0) is 11.3 Å². The fourth-order valence-corrected chi connectivity index (χ4v) is 3.39. The quantitative estimate of drug-likeness (QED) is 0.706. The van der Waals surface area contributed by atoms with Gasteiger partial charge in [-0.2, -0.15) is 0 Å². The Labute approximate surface area is 174 Å². The molecule has 2 aromatic carbocycles. The van der Waals surface area contributed by atoms with E-state index in [4.69, 9.17) is 0 Å². The molecule has 2 amide bonds. The molecule has 0 saturated carbocycles. The van der Waals surface area contributed by atoms with Crippen LogP contribution in [0.5, 0.6) is 0 Å². The molecule has 5 heteroatoms. The maximum absolute atomic E-state index is 13.0. The fourth-order valence-electron chi connectivity index (χ4n) is 3.39. The molecule has 0 bridgehead atoms. The monoisotopic (exact) mass is 395 g/mol. The first-order valence-electron chi connectivity index (χ1n) is 10.1. The van der Waals surface area contributed by atoms with E-state index in [1.54, 1.807) is 6.07 Å². The molecule has 0 aliphatic carbocycles. The number of nitrogens with zero attached hydrogens (tertiary/aromatic N) is 1. The number of aryl methyl sites for hydroxylation is 2. The van der Waals surface area contributed by atoms with Gasteiger partial charge in [-0.3, -0.25) is 9.59 Å². The molecule has 29 heavy (non-hydrogen) atoms. The Morgan fingerprint density at radius 3 is 2.34 bits per heavy atom. The molecule has 0 spiro atoms. The Morgan fingerprint density at radius 1 is 1.03 bits per heavy atom. The number of amides is 2. The summed E-state index contributed by atoms with van der Waals surface area (Å²) in [5, 5.41) is 5.93. The molecule has 0 fully saturated rings. The van der Waals surface area contributed by atoms with Crippen LogP contribution in [0.3, 0.4) is 0 Å². The summed E-state index contributed by atoms with van der Waals surface area (Å²) in [7, 11) is 4.03. The molecule has 0 aromatic heterocycles. The lowest BCUT2D eigenvalue weighted by Gasteiger charge is -2.21. The summed E-state index contributed by atoms with van der Waals surface area (Å²) < 4.78 is 0. The molecule has 2 N–H and O–H groups in total. The zero-order valence-corrected chi connectivity index (χ0v) is 18.4. The van der Waals surface area contributed by atoms with Gasteiger partial charge < -0.3 is 15.5 Å². The lowest BCUT2D eigenvalue weighted by molar-refractivity contribution is -0.118. The molecule has 0 heterocycles. The van der Waals surface area contributed by atoms with Crippen molar-refractivity contribution < 1.29 is 9.59 Å². The number of carbonyl (C=O) groups excluding carboxylic acids is 2. The van der Waals surface area contributed by atoms with Gasteiger partial charge in [0.2, 0.25) is 5.91 Å². The Hall–Kier alpha value is -2.66. The average Bonchev–Trinajstić information content (AvgIpc) is 2.59. The zero-order chi connectivity index (χ0) is 21.6. The molecular formula is C24H33N3O2. The van der Waals surface area contributed by atoms with Crippen LogP contribution in [-0.4, -0.2) is 36.9 Å². The first-order valence-corrected chi connectivity index (χ1v) is 10.1. The van der Waals surface area contributed by atoms with Gasteiger partial charge in [-0.1, -0.05) is 38.1 Å². The lowest BCUT2D eigenvalue weighted by atomic mass is 10.0. The summed E-state index contributed by atoms with van der Waals surface area (Å²) in [6.07, 6.45) is 0.569. The van der Waals surface area contributed by atoms with Crippen LogP contribution >= 0.6 is 0 Å². The van der Waals surface area contributed by atoms with Gasteiger partial charge >= 0.3 is 0 Å². The Bertz CT molecular complexity index is 859. The molecule has 156 valence electrons. The maximum atomic E-state index is 13.0. The summed E-state index contributed by atoms with van der Waals surface area (Å²) in [4.78, 5) is 27.8. The molecule has 1 atom stereocenters. The Morgan fingerprint density at radius 2 is 1.72 bits per heavy atom. The van der Waals surface area contributed by atoms with Crippen molar-refractivity contribution in [2.24, 2.45) is 5.92 Å². The standard InChI is InChI=1S/C24H33N3O2/c1-16(2)11-22(26-23(28)21-10-8-7-9-18(21)4)24(29)25-20-13-17(3)12-19(14-20)15-27(5)6/h7-10,12-14,16,22H,11,15H2,1-6H3,(H,25,29)(H,26,28)/t22-/m1/s1. The van der Waals surface area contributed by atoms with E-state index in [9.17, 15) is 9.59 Å². The topological polar surface area (TPSA) is 61.4 Å². The van der Waals surface area contributed by atoms with Crippen molar-refractivity contribution in [3.63, 3.8) is 0 Å². The second-order valence-corrected chi connectivity index (χ2v) is 8.40. The van der Waals surface area contributed by atoms with Crippen LogP contribution in [0.1, 0.15) is 47.3 Å². The van der Waals surface area contributed by atoms with Gasteiger partial charge in [0.1, 0.15) is 6.04 Å². The summed E-state index contributed by atoms with van der Waals surface area (Å²) in [6.45, 7) is 8.79. The van der Waals surface area contributed by atoms with E-state index < -0.39 is 6.04 Å². The number of carbonyl (C=O) groups is 2. The van der Waals surface area contributed by atoms with E-state index in [1.807, 2.05) is 72.1 Å². The molecule has 0 unspecified atom stereocenters. The van der Waals surface area contributed by atoms with Crippen molar-refractivity contribution in [2.45, 2.75) is 46.7 Å². The minimum Gasteiger partial charge on any atom is -0.340 e. The first-order chi connectivity index (χ1) is 13.7. The Kier molecular flexibility index (Phi) is 7.97. The van der Waals surface area contributed by atoms with E-state index in [-0.39, 0.29) is 17.7 Å². The van der Waals surface area contributed by atoms with Crippen LogP contribution in [0.2, 0.25) is 0 Å². The third-order valence-corrected chi connectivity index (χ3v) is 4.62. The predicted molar refractivity (Wildman–Crippen MR) is 119 cm³/mol. The van der Waals surface area contributed by atoms with Crippen LogP contribution < -0.4 is 10.6 Å². The third-order valence-electron chi connectivity index (χ3n) is 4.62. The van der Waals surface area contributed by atoms with Gasteiger partial charge in [-0.15, -0.1) is 0 Å². The van der Waals surface area contributed by atoms with Gasteiger partial charge in [-0.25, -0.2) is 0 Å². The molecule has 0 radical (unpaired) electrons. The Balaban J connectivity index is 2.18. The SMILES string of the molecule is Cc1cc(CN(C)C)cc(NC(=O)[C@@H](CC(C)C)NC(=O)c2ccccc2C)c1. The number of anilines is 1. The highest BCUT2D eigenvalue weighted by Gasteiger charge is 2.23. The molecule has 0 saturated heterocycles. The second kappa shape index (κ2) is 10.2. The first kappa shape index (κ1) is 22.6. The van der Waals surface area contributed by atoms with Crippen molar-refractivity contribution >= 4 is 17.5 Å². The highest BCUT2D eigenvalue weighted by Crippen LogP contribution is 2.17. The van der Waals surface area contributed by atoms with E-state index in [1.165, 1.54) is 0 Å². The molecule has 2 aromatic rings.